The molecule has 0 bridgehead atoms. The fourth-order valence-electron chi connectivity index (χ4n) is 2.39. The third-order valence-electron chi connectivity index (χ3n) is 3.62. The standard InChI is InChI=1S/C16H12F2N4O4.C2H6/c1-25-13-5-9-12(6-14(13)26-2)19-7-20-16(9)21-15-10(17)3-8(22(23)24)4-11(15)18;1-2/h3-7H,1-2H3,(H,19,20,21);1-2H3. The van der Waals surface area contributed by atoms with Crippen molar-refractivity contribution in [1.82, 2.24) is 9.97 Å². The molecule has 0 saturated carbocycles. The molecule has 3 aromatic rings. The monoisotopic (exact) mass is 392 g/mol. The molecular weight excluding hydrogens is 374 g/mol. The van der Waals surface area contributed by atoms with Crippen LogP contribution in [0.25, 0.3) is 10.9 Å². The highest BCUT2D eigenvalue weighted by molar-refractivity contribution is 5.93. The Morgan fingerprint density at radius 3 is 2.11 bits per heavy atom. The maximum absolute atomic E-state index is 14.1. The van der Waals surface area contributed by atoms with Crippen LogP contribution in [0.15, 0.2) is 30.6 Å². The van der Waals surface area contributed by atoms with Gasteiger partial charge in [0.2, 0.25) is 0 Å². The Bertz CT molecular complexity index is 991. The summed E-state index contributed by atoms with van der Waals surface area (Å²) >= 11 is 0. The van der Waals surface area contributed by atoms with Crippen LogP contribution in [0.2, 0.25) is 0 Å². The maximum atomic E-state index is 14.1. The highest BCUT2D eigenvalue weighted by atomic mass is 19.1. The van der Waals surface area contributed by atoms with E-state index in [1.165, 1.54) is 20.5 Å². The topological polar surface area (TPSA) is 99.4 Å². The van der Waals surface area contributed by atoms with E-state index < -0.39 is 27.9 Å². The average molecular weight is 392 g/mol. The van der Waals surface area contributed by atoms with Crippen LogP contribution in [0.1, 0.15) is 13.8 Å². The Morgan fingerprint density at radius 1 is 1.00 bits per heavy atom. The van der Waals surface area contributed by atoms with Crippen molar-refractivity contribution in [3.05, 3.63) is 52.3 Å². The first-order valence-corrected chi connectivity index (χ1v) is 8.21. The van der Waals surface area contributed by atoms with Gasteiger partial charge in [0.15, 0.2) is 23.1 Å². The molecule has 0 amide bonds. The summed E-state index contributed by atoms with van der Waals surface area (Å²) in [6.07, 6.45) is 1.21. The zero-order valence-electron chi connectivity index (χ0n) is 15.6. The Kier molecular flexibility index (Phi) is 6.59. The zero-order valence-corrected chi connectivity index (χ0v) is 15.6. The first-order valence-electron chi connectivity index (χ1n) is 8.21. The minimum Gasteiger partial charge on any atom is -0.493 e. The molecule has 0 unspecified atom stereocenters. The van der Waals surface area contributed by atoms with Crippen LogP contribution in [0, 0.1) is 21.7 Å². The summed E-state index contributed by atoms with van der Waals surface area (Å²) < 4.78 is 38.6. The van der Waals surface area contributed by atoms with E-state index in [1.54, 1.807) is 12.1 Å². The number of non-ortho nitro benzene ring substituents is 1. The van der Waals surface area contributed by atoms with Crippen LogP contribution in [0.4, 0.5) is 26.0 Å². The van der Waals surface area contributed by atoms with Gasteiger partial charge in [0.25, 0.3) is 5.69 Å². The smallest absolute Gasteiger partial charge is 0.275 e. The summed E-state index contributed by atoms with van der Waals surface area (Å²) in [5.41, 5.74) is -0.808. The second-order valence-corrected chi connectivity index (χ2v) is 5.11. The van der Waals surface area contributed by atoms with Crippen molar-refractivity contribution in [2.24, 2.45) is 0 Å². The molecule has 0 atom stereocenters. The number of rotatable bonds is 5. The molecule has 0 radical (unpaired) electrons. The van der Waals surface area contributed by atoms with Crippen molar-refractivity contribution in [3.63, 3.8) is 0 Å². The van der Waals surface area contributed by atoms with Crippen molar-refractivity contribution >= 4 is 28.1 Å². The van der Waals surface area contributed by atoms with Crippen molar-refractivity contribution in [2.75, 3.05) is 19.5 Å². The quantitative estimate of drug-likeness (QED) is 0.500. The normalized spacial score (nSPS) is 10.1. The highest BCUT2D eigenvalue weighted by Gasteiger charge is 2.19. The molecule has 1 heterocycles. The maximum Gasteiger partial charge on any atom is 0.275 e. The third-order valence-corrected chi connectivity index (χ3v) is 3.62. The van der Waals surface area contributed by atoms with Gasteiger partial charge in [0, 0.05) is 11.5 Å². The van der Waals surface area contributed by atoms with Crippen LogP contribution < -0.4 is 14.8 Å². The Labute approximate surface area is 159 Å². The van der Waals surface area contributed by atoms with E-state index in [1.807, 2.05) is 13.8 Å². The van der Waals surface area contributed by atoms with E-state index in [0.717, 1.165) is 0 Å². The predicted octanol–water partition coefficient (Wildman–Crippen LogP) is 4.60. The number of nitrogens with one attached hydrogen (secondary N) is 1. The van der Waals surface area contributed by atoms with Gasteiger partial charge in [0.1, 0.15) is 17.8 Å². The first kappa shape index (κ1) is 20.7. The molecule has 0 fully saturated rings. The SMILES string of the molecule is CC.COc1cc2ncnc(Nc3c(F)cc([N+](=O)[O-])cc3F)c2cc1OC. The molecule has 0 saturated heterocycles. The van der Waals surface area contributed by atoms with Crippen LogP contribution in [0.5, 0.6) is 11.5 Å². The van der Waals surface area contributed by atoms with Gasteiger partial charge in [-0.05, 0) is 6.07 Å². The van der Waals surface area contributed by atoms with E-state index in [0.29, 0.717) is 34.5 Å². The number of hydrogen-bond donors (Lipinski definition) is 1. The lowest BCUT2D eigenvalue weighted by Gasteiger charge is -2.12. The number of aromatic nitrogens is 2. The lowest BCUT2D eigenvalue weighted by molar-refractivity contribution is -0.385. The number of halogens is 2. The molecular formula is C18H18F2N4O4. The third kappa shape index (κ3) is 4.05. The van der Waals surface area contributed by atoms with Gasteiger partial charge in [-0.1, -0.05) is 13.8 Å². The molecule has 1 aromatic heterocycles. The number of methoxy groups -OCH3 is 2. The predicted molar refractivity (Wildman–Crippen MR) is 100 cm³/mol. The van der Waals surface area contributed by atoms with Gasteiger partial charge in [0.05, 0.1) is 36.8 Å². The van der Waals surface area contributed by atoms with Crippen LogP contribution >= 0.6 is 0 Å². The van der Waals surface area contributed by atoms with Crippen LogP contribution in [-0.4, -0.2) is 29.1 Å². The molecule has 0 aliphatic rings. The number of nitrogens with zero attached hydrogens (tertiary/aromatic N) is 3. The summed E-state index contributed by atoms with van der Waals surface area (Å²) in [4.78, 5) is 17.9. The number of hydrogen-bond acceptors (Lipinski definition) is 7. The molecule has 1 N–H and O–H groups in total. The summed E-state index contributed by atoms with van der Waals surface area (Å²) in [7, 11) is 2.90. The summed E-state index contributed by atoms with van der Waals surface area (Å²) in [5, 5.41) is 13.6. The van der Waals surface area contributed by atoms with Crippen molar-refractivity contribution in [2.45, 2.75) is 13.8 Å². The molecule has 0 aliphatic carbocycles. The molecule has 28 heavy (non-hydrogen) atoms. The number of nitro groups is 1. The largest absolute Gasteiger partial charge is 0.493 e. The Balaban J connectivity index is 0.00000136. The summed E-state index contributed by atoms with van der Waals surface area (Å²) in [6.45, 7) is 4.00. The average Bonchev–Trinajstić information content (AvgIpc) is 2.70. The molecule has 10 heteroatoms. The second-order valence-electron chi connectivity index (χ2n) is 5.11. The highest BCUT2D eigenvalue weighted by Crippen LogP contribution is 2.35. The second kappa shape index (κ2) is 8.89. The molecule has 2 aromatic carbocycles. The molecule has 148 valence electrons. The van der Waals surface area contributed by atoms with Crippen molar-refractivity contribution < 1.29 is 23.2 Å². The Morgan fingerprint density at radius 2 is 1.57 bits per heavy atom. The number of fused-ring (bicyclic) bond motifs is 1. The minimum atomic E-state index is -1.12. The number of ether oxygens (including phenoxy) is 2. The molecule has 0 aliphatic heterocycles. The van der Waals surface area contributed by atoms with E-state index in [9.17, 15) is 18.9 Å². The van der Waals surface area contributed by atoms with E-state index in [2.05, 4.69) is 15.3 Å². The van der Waals surface area contributed by atoms with E-state index >= 15 is 0 Å². The fourth-order valence-corrected chi connectivity index (χ4v) is 2.39. The lowest BCUT2D eigenvalue weighted by atomic mass is 10.2. The molecule has 8 nitrogen and oxygen atoms in total. The Hall–Kier alpha value is -3.56. The van der Waals surface area contributed by atoms with Crippen molar-refractivity contribution in [1.29, 1.82) is 0 Å². The van der Waals surface area contributed by atoms with E-state index in [4.69, 9.17) is 9.47 Å². The van der Waals surface area contributed by atoms with Crippen molar-refractivity contribution in [3.8, 4) is 11.5 Å². The number of anilines is 2. The van der Waals surface area contributed by atoms with Crippen LogP contribution in [-0.2, 0) is 0 Å². The van der Waals surface area contributed by atoms with Gasteiger partial charge >= 0.3 is 0 Å². The fraction of sp³-hybridized carbons (Fsp3) is 0.222. The number of benzene rings is 2. The zero-order chi connectivity index (χ0) is 20.8. The van der Waals surface area contributed by atoms with Gasteiger partial charge < -0.3 is 14.8 Å². The van der Waals surface area contributed by atoms with Gasteiger partial charge in [-0.25, -0.2) is 18.7 Å². The molecule has 3 rings (SSSR count). The number of nitro benzene ring substituents is 1. The van der Waals surface area contributed by atoms with Gasteiger partial charge in [-0.3, -0.25) is 10.1 Å². The minimum absolute atomic E-state index is 0.0996. The first-order chi connectivity index (χ1) is 13.4. The van der Waals surface area contributed by atoms with Gasteiger partial charge in [-0.2, -0.15) is 0 Å². The summed E-state index contributed by atoms with van der Waals surface area (Å²) in [6, 6.07) is 4.39. The van der Waals surface area contributed by atoms with Crippen LogP contribution in [0.3, 0.4) is 0 Å². The lowest BCUT2D eigenvalue weighted by Crippen LogP contribution is -2.03. The molecule has 0 spiro atoms. The van der Waals surface area contributed by atoms with E-state index in [-0.39, 0.29) is 5.82 Å². The van der Waals surface area contributed by atoms with Gasteiger partial charge in [-0.15, -0.1) is 0 Å². The summed E-state index contributed by atoms with van der Waals surface area (Å²) in [5.74, 6) is -1.34.